The molecule has 3 heterocycles. The van der Waals surface area contributed by atoms with Gasteiger partial charge >= 0.3 is 12.1 Å². The van der Waals surface area contributed by atoms with Crippen LogP contribution in [0.5, 0.6) is 0 Å². The Morgan fingerprint density at radius 3 is 2.50 bits per heavy atom. The zero-order valence-corrected chi connectivity index (χ0v) is 27.1. The van der Waals surface area contributed by atoms with Crippen LogP contribution in [0.15, 0.2) is 42.5 Å². The molecule has 15 heteroatoms. The molecule has 13 nitrogen and oxygen atoms in total. The Morgan fingerprint density at radius 2 is 1.83 bits per heavy atom. The van der Waals surface area contributed by atoms with E-state index in [2.05, 4.69) is 20.5 Å². The van der Waals surface area contributed by atoms with E-state index in [0.717, 1.165) is 28.4 Å². The number of aromatic nitrogens is 3. The standard InChI is InChI=1S/C31H35ClN6O7S/c1-19(24-5-3-4-6-25(24)32)45-30(42)33-28-27(34-35-36(28)2)21-11-15-37(16-12-21)23-9-7-20-8-10-26(39)38(18-22(20)17-23)46(43,44)31(13-14-31)29(40)41/h3-7,9,17,19,21H,8,10-16,18H2,1-2H3,(H,33,42)(H,40,41)/t19-/m1/s1. The molecule has 2 amide bonds. The Hall–Kier alpha value is -4.17. The van der Waals surface area contributed by atoms with E-state index in [4.69, 9.17) is 16.3 Å². The summed E-state index contributed by atoms with van der Waals surface area (Å²) in [5, 5.41) is 21.4. The number of nitrogens with zero attached hydrogens (tertiary/aromatic N) is 5. The zero-order valence-electron chi connectivity index (χ0n) is 25.5. The minimum absolute atomic E-state index is 0.00216. The van der Waals surface area contributed by atoms with Crippen molar-refractivity contribution in [2.45, 2.75) is 68.8 Å². The third kappa shape index (κ3) is 5.79. The molecule has 0 spiro atoms. The highest BCUT2D eigenvalue weighted by molar-refractivity contribution is 7.92. The molecule has 46 heavy (non-hydrogen) atoms. The monoisotopic (exact) mass is 670 g/mol. The van der Waals surface area contributed by atoms with Crippen molar-refractivity contribution in [2.75, 3.05) is 23.3 Å². The van der Waals surface area contributed by atoms with Gasteiger partial charge in [0.2, 0.25) is 5.91 Å². The van der Waals surface area contributed by atoms with Crippen LogP contribution in [0.4, 0.5) is 16.3 Å². The maximum absolute atomic E-state index is 13.3. The Balaban J connectivity index is 1.12. The number of aryl methyl sites for hydroxylation is 2. The molecule has 1 atom stereocenters. The molecule has 3 aromatic rings. The van der Waals surface area contributed by atoms with Gasteiger partial charge in [0, 0.05) is 48.7 Å². The first kappa shape index (κ1) is 31.8. The second-order valence-electron chi connectivity index (χ2n) is 12.1. The number of carboxylic acid groups (broad SMARTS) is 1. The van der Waals surface area contributed by atoms with E-state index in [1.54, 1.807) is 32.2 Å². The van der Waals surface area contributed by atoms with E-state index in [1.165, 1.54) is 4.68 Å². The molecule has 1 saturated heterocycles. The normalized spacial score (nSPS) is 18.8. The third-order valence-corrected chi connectivity index (χ3v) is 12.0. The summed E-state index contributed by atoms with van der Waals surface area (Å²) < 4.78 is 32.6. The number of amides is 2. The topological polar surface area (TPSA) is 164 Å². The van der Waals surface area contributed by atoms with Crippen LogP contribution in [-0.4, -0.2) is 68.6 Å². The van der Waals surface area contributed by atoms with Gasteiger partial charge in [-0.2, -0.15) is 0 Å². The molecule has 2 fully saturated rings. The molecule has 1 aliphatic carbocycles. The van der Waals surface area contributed by atoms with Crippen molar-refractivity contribution in [3.8, 4) is 0 Å². The number of carbonyl (C=O) groups excluding carboxylic acids is 2. The summed E-state index contributed by atoms with van der Waals surface area (Å²) in [6.45, 7) is 2.89. The summed E-state index contributed by atoms with van der Waals surface area (Å²) in [7, 11) is -2.66. The number of sulfonamides is 1. The van der Waals surface area contributed by atoms with Crippen LogP contribution in [-0.2, 0) is 44.4 Å². The van der Waals surface area contributed by atoms with Gasteiger partial charge in [-0.25, -0.2) is 22.2 Å². The summed E-state index contributed by atoms with van der Waals surface area (Å²) in [4.78, 5) is 39.7. The van der Waals surface area contributed by atoms with Crippen molar-refractivity contribution in [3.63, 3.8) is 0 Å². The first-order valence-corrected chi connectivity index (χ1v) is 17.0. The van der Waals surface area contributed by atoms with Crippen molar-refractivity contribution >= 4 is 51.1 Å². The summed E-state index contributed by atoms with van der Waals surface area (Å²) in [6.07, 6.45) is 0.597. The number of benzene rings is 2. The Morgan fingerprint density at radius 1 is 1.11 bits per heavy atom. The molecule has 0 bridgehead atoms. The molecule has 0 radical (unpaired) electrons. The molecular formula is C31H35ClN6O7S. The number of hydrogen-bond acceptors (Lipinski definition) is 9. The minimum Gasteiger partial charge on any atom is -0.480 e. The van der Waals surface area contributed by atoms with Crippen LogP contribution in [0, 0.1) is 0 Å². The number of nitrogens with one attached hydrogen (secondary N) is 1. The largest absolute Gasteiger partial charge is 0.480 e. The second kappa shape index (κ2) is 12.2. The number of carboxylic acids is 1. The maximum Gasteiger partial charge on any atom is 0.413 e. The number of fused-ring (bicyclic) bond motifs is 1. The summed E-state index contributed by atoms with van der Waals surface area (Å²) in [6, 6.07) is 13.0. The lowest BCUT2D eigenvalue weighted by Crippen LogP contribution is -2.46. The van der Waals surface area contributed by atoms with Crippen molar-refractivity contribution < 1.29 is 32.6 Å². The highest BCUT2D eigenvalue weighted by atomic mass is 35.5. The molecule has 2 aromatic carbocycles. The predicted octanol–water partition coefficient (Wildman–Crippen LogP) is 4.38. The molecule has 1 saturated carbocycles. The van der Waals surface area contributed by atoms with Crippen molar-refractivity contribution in [3.05, 3.63) is 69.9 Å². The van der Waals surface area contributed by atoms with Gasteiger partial charge in [-0.1, -0.05) is 41.1 Å². The average molecular weight is 671 g/mol. The van der Waals surface area contributed by atoms with E-state index in [1.807, 2.05) is 24.3 Å². The third-order valence-electron chi connectivity index (χ3n) is 9.22. The minimum atomic E-state index is -4.36. The molecule has 1 aromatic heterocycles. The first-order chi connectivity index (χ1) is 21.9. The van der Waals surface area contributed by atoms with Crippen molar-refractivity contribution in [1.29, 1.82) is 0 Å². The van der Waals surface area contributed by atoms with Crippen LogP contribution < -0.4 is 10.2 Å². The van der Waals surface area contributed by atoms with E-state index in [0.29, 0.717) is 47.2 Å². The number of hydrogen-bond donors (Lipinski definition) is 2. The van der Waals surface area contributed by atoms with Gasteiger partial charge < -0.3 is 14.7 Å². The summed E-state index contributed by atoms with van der Waals surface area (Å²) >= 11 is 6.26. The molecule has 244 valence electrons. The average Bonchev–Trinajstić information content (AvgIpc) is 3.81. The number of halogens is 1. The molecular weight excluding hydrogens is 636 g/mol. The zero-order chi connectivity index (χ0) is 32.8. The van der Waals surface area contributed by atoms with Gasteiger partial charge in [0.05, 0.1) is 6.54 Å². The van der Waals surface area contributed by atoms with Gasteiger partial charge in [0.1, 0.15) is 11.8 Å². The van der Waals surface area contributed by atoms with E-state index in [-0.39, 0.29) is 31.7 Å². The molecule has 2 N–H and O–H groups in total. The van der Waals surface area contributed by atoms with Crippen LogP contribution in [0.1, 0.15) is 73.4 Å². The van der Waals surface area contributed by atoms with Gasteiger partial charge in [0.25, 0.3) is 10.0 Å². The lowest BCUT2D eigenvalue weighted by Gasteiger charge is -2.33. The smallest absolute Gasteiger partial charge is 0.413 e. The lowest BCUT2D eigenvalue weighted by atomic mass is 9.92. The number of anilines is 2. The van der Waals surface area contributed by atoms with E-state index >= 15 is 0 Å². The van der Waals surface area contributed by atoms with Crippen LogP contribution in [0.3, 0.4) is 0 Å². The number of piperidine rings is 1. The number of carbonyl (C=O) groups is 3. The Labute approximate surface area is 271 Å². The SMILES string of the molecule is C[C@@H](OC(=O)Nc1c(C2CCN(c3ccc4c(c3)CN(S(=O)(=O)C3(C(=O)O)CC3)C(=O)CC4)CC2)nnn1C)c1ccccc1Cl. The number of rotatable bonds is 8. The fourth-order valence-corrected chi connectivity index (χ4v) is 8.51. The predicted molar refractivity (Wildman–Crippen MR) is 169 cm³/mol. The van der Waals surface area contributed by atoms with Crippen molar-refractivity contribution in [1.82, 2.24) is 19.3 Å². The Kier molecular flexibility index (Phi) is 8.44. The Bertz CT molecular complexity index is 1800. The highest BCUT2D eigenvalue weighted by Crippen LogP contribution is 2.46. The molecule has 6 rings (SSSR count). The maximum atomic E-state index is 13.3. The van der Waals surface area contributed by atoms with Crippen LogP contribution >= 0.6 is 11.6 Å². The van der Waals surface area contributed by atoms with Crippen LogP contribution in [0.2, 0.25) is 5.02 Å². The van der Waals surface area contributed by atoms with Crippen LogP contribution in [0.25, 0.3) is 0 Å². The lowest BCUT2D eigenvalue weighted by molar-refractivity contribution is -0.137. The summed E-state index contributed by atoms with van der Waals surface area (Å²) in [5.41, 5.74) is 3.81. The highest BCUT2D eigenvalue weighted by Gasteiger charge is 2.64. The number of ether oxygens (including phenoxy) is 1. The fraction of sp³-hybridized carbons (Fsp3) is 0.452. The van der Waals surface area contributed by atoms with Gasteiger partial charge in [-0.3, -0.25) is 14.9 Å². The van der Waals surface area contributed by atoms with Gasteiger partial charge in [0.15, 0.2) is 10.6 Å². The van der Waals surface area contributed by atoms with Gasteiger partial charge in [-0.05, 0) is 68.4 Å². The second-order valence-corrected chi connectivity index (χ2v) is 14.6. The van der Waals surface area contributed by atoms with Gasteiger partial charge in [-0.15, -0.1) is 5.10 Å². The van der Waals surface area contributed by atoms with E-state index in [9.17, 15) is 27.9 Å². The summed E-state index contributed by atoms with van der Waals surface area (Å²) in [5.74, 6) is -1.51. The fourth-order valence-electron chi connectivity index (χ4n) is 6.29. The van der Waals surface area contributed by atoms with E-state index < -0.39 is 38.8 Å². The molecule has 3 aliphatic rings. The molecule has 2 aliphatic heterocycles. The first-order valence-electron chi connectivity index (χ1n) is 15.2. The quantitative estimate of drug-likeness (QED) is 0.351. The van der Waals surface area contributed by atoms with Crippen molar-refractivity contribution in [2.24, 2.45) is 7.05 Å². The number of aliphatic carboxylic acids is 1. The molecule has 0 unspecified atom stereocenters.